The van der Waals surface area contributed by atoms with E-state index in [1.54, 1.807) is 31.2 Å². The van der Waals surface area contributed by atoms with Crippen LogP contribution in [-0.4, -0.2) is 27.4 Å². The average molecular weight is 362 g/mol. The average Bonchev–Trinajstić information content (AvgIpc) is 2.54. The summed E-state index contributed by atoms with van der Waals surface area (Å²) in [4.78, 5) is 23.4. The maximum atomic E-state index is 12.5. The van der Waals surface area contributed by atoms with E-state index in [9.17, 15) is 18.0 Å². The molecule has 0 aliphatic heterocycles. The van der Waals surface area contributed by atoms with Gasteiger partial charge in [-0.15, -0.1) is 0 Å². The van der Waals surface area contributed by atoms with Gasteiger partial charge in [-0.1, -0.05) is 12.1 Å². The molecule has 2 aromatic carbocycles. The summed E-state index contributed by atoms with van der Waals surface area (Å²) in [6, 6.07) is 9.99. The maximum Gasteiger partial charge on any atom is 0.316 e. The molecule has 0 unspecified atom stereocenters. The number of amides is 3. The summed E-state index contributed by atoms with van der Waals surface area (Å²) >= 11 is 0. The molecule has 3 amide bonds. The van der Waals surface area contributed by atoms with Crippen molar-refractivity contribution in [3.63, 3.8) is 0 Å². The van der Waals surface area contributed by atoms with Crippen LogP contribution in [0.1, 0.15) is 15.9 Å². The Kier molecular flexibility index (Phi) is 5.40. The van der Waals surface area contributed by atoms with Crippen LogP contribution in [0.2, 0.25) is 0 Å². The summed E-state index contributed by atoms with van der Waals surface area (Å²) in [6.45, 7) is 1.70. The Bertz CT molecular complexity index is 925. The number of nitrogens with one attached hydrogen (secondary N) is 3. The minimum absolute atomic E-state index is 0.00473. The zero-order valence-corrected chi connectivity index (χ0v) is 14.5. The Morgan fingerprint density at radius 3 is 2.24 bits per heavy atom. The first-order chi connectivity index (χ1) is 11.7. The zero-order valence-electron chi connectivity index (χ0n) is 13.7. The molecule has 2 rings (SSSR count). The smallest absolute Gasteiger partial charge is 0.316 e. The highest BCUT2D eigenvalue weighted by Gasteiger charge is 2.16. The van der Waals surface area contributed by atoms with Crippen molar-refractivity contribution in [2.75, 3.05) is 17.7 Å². The molecule has 9 heteroatoms. The Morgan fingerprint density at radius 2 is 1.64 bits per heavy atom. The van der Waals surface area contributed by atoms with Gasteiger partial charge in [0.1, 0.15) is 0 Å². The first kappa shape index (κ1) is 18.4. The van der Waals surface area contributed by atoms with Gasteiger partial charge in [0, 0.05) is 16.9 Å². The predicted molar refractivity (Wildman–Crippen MR) is 95.0 cm³/mol. The van der Waals surface area contributed by atoms with E-state index in [0.29, 0.717) is 16.9 Å². The van der Waals surface area contributed by atoms with Gasteiger partial charge in [0.25, 0.3) is 5.91 Å². The van der Waals surface area contributed by atoms with Crippen molar-refractivity contribution in [2.24, 2.45) is 5.73 Å². The summed E-state index contributed by atoms with van der Waals surface area (Å²) in [5.41, 5.74) is 6.76. The number of hydrogen-bond acceptors (Lipinski definition) is 4. The molecule has 0 heterocycles. The number of sulfonamides is 1. The second kappa shape index (κ2) is 7.32. The highest BCUT2D eigenvalue weighted by atomic mass is 32.2. The third-order valence-corrected chi connectivity index (χ3v) is 4.83. The van der Waals surface area contributed by atoms with E-state index in [1.165, 1.54) is 25.2 Å². The van der Waals surface area contributed by atoms with Gasteiger partial charge < -0.3 is 16.4 Å². The lowest BCUT2D eigenvalue weighted by Crippen LogP contribution is -2.20. The van der Waals surface area contributed by atoms with E-state index in [2.05, 4.69) is 15.4 Å². The topological polar surface area (TPSA) is 130 Å². The van der Waals surface area contributed by atoms with Crippen molar-refractivity contribution in [3.8, 4) is 0 Å². The molecule has 0 bridgehead atoms. The van der Waals surface area contributed by atoms with Crippen LogP contribution in [0.4, 0.5) is 16.2 Å². The van der Waals surface area contributed by atoms with Gasteiger partial charge in [-0.05, 0) is 49.9 Å². The molecule has 8 nitrogen and oxygen atoms in total. The van der Waals surface area contributed by atoms with Gasteiger partial charge in [0.2, 0.25) is 10.0 Å². The monoisotopic (exact) mass is 362 g/mol. The number of primary amides is 1. The molecule has 132 valence electrons. The molecule has 5 N–H and O–H groups in total. The number of carbonyl (C=O) groups excluding carboxylic acids is 2. The zero-order chi connectivity index (χ0) is 18.6. The Labute approximate surface area is 145 Å². The quantitative estimate of drug-likeness (QED) is 0.644. The van der Waals surface area contributed by atoms with E-state index in [0.717, 1.165) is 0 Å². The molecular weight excluding hydrogens is 344 g/mol. The van der Waals surface area contributed by atoms with Crippen LogP contribution >= 0.6 is 0 Å². The van der Waals surface area contributed by atoms with Crippen molar-refractivity contribution >= 4 is 33.3 Å². The number of urea groups is 1. The number of benzene rings is 2. The van der Waals surface area contributed by atoms with Crippen LogP contribution in [0.15, 0.2) is 47.4 Å². The molecular formula is C16H18N4O4S. The lowest BCUT2D eigenvalue weighted by Gasteiger charge is -2.11. The van der Waals surface area contributed by atoms with Gasteiger partial charge in [-0.2, -0.15) is 0 Å². The van der Waals surface area contributed by atoms with Gasteiger partial charge in [0.15, 0.2) is 0 Å². The van der Waals surface area contributed by atoms with Crippen molar-refractivity contribution < 1.29 is 18.0 Å². The van der Waals surface area contributed by atoms with E-state index in [-0.39, 0.29) is 10.5 Å². The molecule has 0 saturated carbocycles. The fourth-order valence-electron chi connectivity index (χ4n) is 2.15. The molecule has 0 aliphatic carbocycles. The molecule has 0 spiro atoms. The lowest BCUT2D eigenvalue weighted by atomic mass is 10.1. The van der Waals surface area contributed by atoms with Crippen LogP contribution in [0.5, 0.6) is 0 Å². The van der Waals surface area contributed by atoms with Gasteiger partial charge in [-0.25, -0.2) is 17.9 Å². The number of rotatable bonds is 5. The van der Waals surface area contributed by atoms with E-state index in [4.69, 9.17) is 5.73 Å². The maximum absolute atomic E-state index is 12.5. The van der Waals surface area contributed by atoms with E-state index in [1.807, 2.05) is 0 Å². The summed E-state index contributed by atoms with van der Waals surface area (Å²) in [7, 11) is -2.36. The van der Waals surface area contributed by atoms with Crippen molar-refractivity contribution in [2.45, 2.75) is 11.8 Å². The van der Waals surface area contributed by atoms with Crippen LogP contribution < -0.4 is 21.1 Å². The van der Waals surface area contributed by atoms with Gasteiger partial charge in [-0.3, -0.25) is 4.79 Å². The van der Waals surface area contributed by atoms with Crippen LogP contribution in [0.3, 0.4) is 0 Å². The van der Waals surface area contributed by atoms with Crippen LogP contribution in [-0.2, 0) is 10.0 Å². The second-order valence-corrected chi connectivity index (χ2v) is 7.09. The summed E-state index contributed by atoms with van der Waals surface area (Å²) in [5.74, 6) is -0.470. The first-order valence-electron chi connectivity index (χ1n) is 7.25. The minimum atomic E-state index is -3.66. The summed E-state index contributed by atoms with van der Waals surface area (Å²) in [5, 5.41) is 5.07. The molecule has 0 radical (unpaired) electrons. The standard InChI is InChI=1S/C16H18N4O4S/c1-10-6-7-13(25(23,24)18-2)9-14(10)15(21)19-11-4-3-5-12(8-11)20-16(17)22/h3-9,18H,1-2H3,(H,19,21)(H3,17,20,22). The number of anilines is 2. The fraction of sp³-hybridized carbons (Fsp3) is 0.125. The third-order valence-electron chi connectivity index (χ3n) is 3.42. The number of nitrogens with two attached hydrogens (primary N) is 1. The third kappa shape index (κ3) is 4.55. The molecule has 0 aromatic heterocycles. The Hall–Kier alpha value is -2.91. The lowest BCUT2D eigenvalue weighted by molar-refractivity contribution is 0.102. The van der Waals surface area contributed by atoms with Crippen molar-refractivity contribution in [3.05, 3.63) is 53.6 Å². The Morgan fingerprint density at radius 1 is 1.00 bits per heavy atom. The normalized spacial score (nSPS) is 11.0. The number of hydrogen-bond donors (Lipinski definition) is 4. The largest absolute Gasteiger partial charge is 0.351 e. The summed E-state index contributed by atoms with van der Waals surface area (Å²) in [6.07, 6.45) is 0. The fourth-order valence-corrected chi connectivity index (χ4v) is 2.90. The van der Waals surface area contributed by atoms with E-state index >= 15 is 0 Å². The molecule has 0 aliphatic rings. The van der Waals surface area contributed by atoms with Crippen molar-refractivity contribution in [1.82, 2.24) is 4.72 Å². The molecule has 25 heavy (non-hydrogen) atoms. The van der Waals surface area contributed by atoms with Gasteiger partial charge >= 0.3 is 6.03 Å². The highest BCUT2D eigenvalue weighted by molar-refractivity contribution is 7.89. The second-order valence-electron chi connectivity index (χ2n) is 5.21. The molecule has 0 fully saturated rings. The molecule has 2 aromatic rings. The highest BCUT2D eigenvalue weighted by Crippen LogP contribution is 2.19. The van der Waals surface area contributed by atoms with Crippen LogP contribution in [0.25, 0.3) is 0 Å². The van der Waals surface area contributed by atoms with E-state index < -0.39 is 22.0 Å². The predicted octanol–water partition coefficient (Wildman–Crippen LogP) is 1.65. The molecule has 0 atom stereocenters. The first-order valence-corrected chi connectivity index (χ1v) is 8.73. The van der Waals surface area contributed by atoms with Gasteiger partial charge in [0.05, 0.1) is 4.90 Å². The molecule has 0 saturated heterocycles. The number of carbonyl (C=O) groups is 2. The summed E-state index contributed by atoms with van der Waals surface area (Å²) < 4.78 is 26.0. The number of aryl methyl sites for hydroxylation is 1. The Balaban J connectivity index is 2.29. The minimum Gasteiger partial charge on any atom is -0.351 e. The van der Waals surface area contributed by atoms with Crippen LogP contribution in [0, 0.1) is 6.92 Å². The SMILES string of the molecule is CNS(=O)(=O)c1ccc(C)c(C(=O)Nc2cccc(NC(N)=O)c2)c1. The van der Waals surface area contributed by atoms with Crippen molar-refractivity contribution in [1.29, 1.82) is 0 Å².